The summed E-state index contributed by atoms with van der Waals surface area (Å²) in [4.78, 5) is 16.2. The molecule has 5 fully saturated rings. The molecule has 0 amide bonds. The summed E-state index contributed by atoms with van der Waals surface area (Å²) in [6, 6.07) is 0. The fourth-order valence-corrected chi connectivity index (χ4v) is 8.66. The van der Waals surface area contributed by atoms with Crippen LogP contribution in [0.15, 0.2) is 0 Å². The summed E-state index contributed by atoms with van der Waals surface area (Å²) in [5.74, 6) is 5.23. The van der Waals surface area contributed by atoms with Gasteiger partial charge in [0.2, 0.25) is 0 Å². The lowest BCUT2D eigenvalue weighted by molar-refractivity contribution is -0.229. The lowest BCUT2D eigenvalue weighted by Gasteiger charge is -2.69. The van der Waals surface area contributed by atoms with Crippen LogP contribution in [0.3, 0.4) is 0 Å². The van der Waals surface area contributed by atoms with Crippen LogP contribution in [0.5, 0.6) is 0 Å². The number of hydrogen-bond acceptors (Lipinski definition) is 4. The molecule has 0 aliphatic heterocycles. The van der Waals surface area contributed by atoms with E-state index >= 15 is 0 Å². The number of hydrogen-bond donors (Lipinski definition) is 1. The van der Waals surface area contributed by atoms with Crippen LogP contribution in [0.1, 0.15) is 65.2 Å². The molecule has 5 aliphatic rings. The van der Waals surface area contributed by atoms with Gasteiger partial charge in [-0.05, 0) is 91.0 Å². The highest BCUT2D eigenvalue weighted by Gasteiger charge is 2.65. The Morgan fingerprint density at radius 3 is 2.52 bits per heavy atom. The highest BCUT2D eigenvalue weighted by Crippen LogP contribution is 2.70. The van der Waals surface area contributed by atoms with Crippen LogP contribution in [0.2, 0.25) is 0 Å². The van der Waals surface area contributed by atoms with Crippen LogP contribution in [0, 0.1) is 40.4 Å². The Kier molecular flexibility index (Phi) is 5.73. The molecular formula is C21H34O3S. The monoisotopic (exact) mass is 366 g/mol. The van der Waals surface area contributed by atoms with E-state index in [4.69, 9.17) is 9.59 Å². The van der Waals surface area contributed by atoms with Crippen LogP contribution in [0.25, 0.3) is 0 Å². The van der Waals surface area contributed by atoms with Gasteiger partial charge in [-0.3, -0.25) is 0 Å². The van der Waals surface area contributed by atoms with Crippen molar-refractivity contribution in [3.05, 3.63) is 0 Å². The maximum absolute atomic E-state index is 11.3. The second kappa shape index (κ2) is 7.37. The first-order chi connectivity index (χ1) is 11.9. The number of thioether (sulfide) groups is 1. The van der Waals surface area contributed by atoms with Crippen LogP contribution in [-0.2, 0) is 9.59 Å². The second-order valence-electron chi connectivity index (χ2n) is 9.49. The number of rotatable bonds is 2. The van der Waals surface area contributed by atoms with Crippen molar-refractivity contribution in [2.24, 2.45) is 40.4 Å². The second-order valence-corrected chi connectivity index (χ2v) is 10.4. The molecule has 0 radical (unpaired) electrons. The van der Waals surface area contributed by atoms with Crippen LogP contribution in [-0.4, -0.2) is 29.4 Å². The van der Waals surface area contributed by atoms with Crippen molar-refractivity contribution in [3.8, 4) is 0 Å². The Balaban J connectivity index is 0.000000569. The molecule has 0 aromatic heterocycles. The molecule has 3 nitrogen and oxygen atoms in total. The van der Waals surface area contributed by atoms with E-state index < -0.39 is 0 Å². The van der Waals surface area contributed by atoms with Gasteiger partial charge in [-0.25, -0.2) is 0 Å². The molecule has 0 heterocycles. The van der Waals surface area contributed by atoms with E-state index in [1.54, 1.807) is 0 Å². The maximum atomic E-state index is 11.3. The molecule has 5 saturated carbocycles. The van der Waals surface area contributed by atoms with E-state index in [-0.39, 0.29) is 17.7 Å². The predicted octanol–water partition coefficient (Wildman–Crippen LogP) is 4.40. The fraction of sp³-hybridized carbons (Fsp3) is 0.952. The summed E-state index contributed by atoms with van der Waals surface area (Å²) in [5.41, 5.74) is 0.817. The molecule has 142 valence electrons. The van der Waals surface area contributed by atoms with Crippen molar-refractivity contribution in [2.45, 2.75) is 71.3 Å². The van der Waals surface area contributed by atoms with Gasteiger partial charge in [0, 0.05) is 0 Å². The maximum Gasteiger partial charge on any atom is 0.373 e. The average molecular weight is 367 g/mol. The molecule has 4 heteroatoms. The van der Waals surface area contributed by atoms with E-state index in [0.29, 0.717) is 11.3 Å². The summed E-state index contributed by atoms with van der Waals surface area (Å²) >= 11 is 1.95. The molecule has 1 spiro atoms. The first-order valence-electron chi connectivity index (χ1n) is 10.1. The van der Waals surface area contributed by atoms with E-state index in [1.807, 2.05) is 11.8 Å². The number of fused-ring (bicyclic) bond motifs is 3. The number of aliphatic hydroxyl groups is 1. The highest BCUT2D eigenvalue weighted by atomic mass is 32.2. The van der Waals surface area contributed by atoms with Gasteiger partial charge in [0.1, 0.15) is 0 Å². The third-order valence-corrected chi connectivity index (χ3v) is 9.52. The van der Waals surface area contributed by atoms with Crippen molar-refractivity contribution in [1.82, 2.24) is 0 Å². The number of aliphatic hydroxyl groups excluding tert-OH is 1. The zero-order valence-corrected chi connectivity index (χ0v) is 16.8. The predicted molar refractivity (Wildman–Crippen MR) is 100.0 cm³/mol. The minimum atomic E-state index is -0.00698. The molecular weight excluding hydrogens is 332 g/mol. The van der Waals surface area contributed by atoms with Crippen LogP contribution in [0.4, 0.5) is 0 Å². The van der Waals surface area contributed by atoms with Crippen LogP contribution >= 0.6 is 11.8 Å². The molecule has 0 aromatic carbocycles. The van der Waals surface area contributed by atoms with Gasteiger partial charge in [-0.2, -0.15) is 21.4 Å². The Hall–Kier alpha value is -0.310. The molecule has 0 saturated heterocycles. The minimum Gasteiger partial charge on any atom is -0.392 e. The van der Waals surface area contributed by atoms with Crippen molar-refractivity contribution in [2.75, 3.05) is 12.0 Å². The van der Waals surface area contributed by atoms with Crippen molar-refractivity contribution in [1.29, 1.82) is 0 Å². The van der Waals surface area contributed by atoms with E-state index in [2.05, 4.69) is 20.1 Å². The topological polar surface area (TPSA) is 54.4 Å². The molecule has 5 rings (SSSR count). The highest BCUT2D eigenvalue weighted by molar-refractivity contribution is 7.98. The smallest absolute Gasteiger partial charge is 0.373 e. The minimum absolute atomic E-state index is 0.00698. The third-order valence-electron chi connectivity index (χ3n) is 8.80. The van der Waals surface area contributed by atoms with Gasteiger partial charge in [0.25, 0.3) is 0 Å². The van der Waals surface area contributed by atoms with Gasteiger partial charge in [-0.1, -0.05) is 26.7 Å². The molecule has 5 aliphatic carbocycles. The molecule has 8 atom stereocenters. The SMILES string of the molecule is CSC[C@H]1[C@H]2CC[C@@]3(CC[C@@H]4[C@@H](C)CCC[C@@]4(C)[C@@H]3C2)[C@@H]1O.O=C=O. The molecule has 1 N–H and O–H groups in total. The Labute approximate surface area is 156 Å². The summed E-state index contributed by atoms with van der Waals surface area (Å²) < 4.78 is 0. The molecule has 25 heavy (non-hydrogen) atoms. The fourth-order valence-electron chi connectivity index (χ4n) is 7.82. The van der Waals surface area contributed by atoms with Gasteiger partial charge < -0.3 is 5.11 Å². The Bertz CT molecular complexity index is 517. The first-order valence-corrected chi connectivity index (χ1v) is 11.5. The largest absolute Gasteiger partial charge is 0.392 e. The van der Waals surface area contributed by atoms with Gasteiger partial charge in [-0.15, -0.1) is 0 Å². The quantitative estimate of drug-likeness (QED) is 0.787. The molecule has 0 unspecified atom stereocenters. The van der Waals surface area contributed by atoms with E-state index in [1.165, 1.54) is 57.1 Å². The van der Waals surface area contributed by atoms with Gasteiger partial charge in [0.05, 0.1) is 6.10 Å². The van der Waals surface area contributed by atoms with Crippen molar-refractivity contribution >= 4 is 17.9 Å². The normalized spacial score (nSPS) is 50.7. The zero-order chi connectivity index (χ0) is 18.2. The van der Waals surface area contributed by atoms with Crippen molar-refractivity contribution < 1.29 is 14.7 Å². The lowest BCUT2D eigenvalue weighted by Crippen LogP contribution is -2.65. The summed E-state index contributed by atoms with van der Waals surface area (Å²) in [6.07, 6.45) is 13.6. The standard InChI is InChI=1S/C20H34OS.CO2/c1-13-5-4-8-19(2)16(13)7-10-20-9-6-14(11-17(19)20)15(12-22-3)18(20)21;2-1-3/h13-18,21H,4-12H2,1-3H3;/t13-,14-,15-,16+,17-,18+,19+,20-;/m0./s1. The van der Waals surface area contributed by atoms with Gasteiger partial charge >= 0.3 is 6.15 Å². The average Bonchev–Trinajstić information content (AvgIpc) is 2.58. The third kappa shape index (κ3) is 2.93. The first kappa shape index (κ1) is 19.5. The van der Waals surface area contributed by atoms with Crippen LogP contribution < -0.4 is 0 Å². The zero-order valence-electron chi connectivity index (χ0n) is 16.0. The number of carbonyl (C=O) groups excluding carboxylic acids is 2. The summed E-state index contributed by atoms with van der Waals surface area (Å²) in [7, 11) is 0. The van der Waals surface area contributed by atoms with Crippen molar-refractivity contribution in [3.63, 3.8) is 0 Å². The lowest BCUT2D eigenvalue weighted by atomic mass is 9.37. The molecule has 2 bridgehead atoms. The summed E-state index contributed by atoms with van der Waals surface area (Å²) in [5, 5.41) is 11.3. The molecule has 0 aromatic rings. The Morgan fingerprint density at radius 1 is 1.16 bits per heavy atom. The van der Waals surface area contributed by atoms with E-state index in [0.717, 1.165) is 23.7 Å². The summed E-state index contributed by atoms with van der Waals surface area (Å²) in [6.45, 7) is 5.13. The Morgan fingerprint density at radius 2 is 1.84 bits per heavy atom. The van der Waals surface area contributed by atoms with Gasteiger partial charge in [0.15, 0.2) is 0 Å². The van der Waals surface area contributed by atoms with E-state index in [9.17, 15) is 5.11 Å².